The Morgan fingerprint density at radius 1 is 0.148 bits per heavy atom. The summed E-state index contributed by atoms with van der Waals surface area (Å²) in [5, 5.41) is 0. The van der Waals surface area contributed by atoms with E-state index in [4.69, 9.17) is 0 Å². The average Bonchev–Trinajstić information content (AvgIpc) is 3.48. The third kappa shape index (κ3) is 55.0. The van der Waals surface area contributed by atoms with Gasteiger partial charge in [-0.3, -0.25) is 4.90 Å². The van der Waals surface area contributed by atoms with Crippen LogP contribution in [-0.2, 0) is 0 Å². The monoisotopic (exact) mass is 1140 g/mol. The van der Waals surface area contributed by atoms with E-state index in [1.165, 1.54) is 430 Å². The van der Waals surface area contributed by atoms with Gasteiger partial charge in [-0.25, -0.2) is 0 Å². The summed E-state index contributed by atoms with van der Waals surface area (Å²) in [4.78, 5) is 3.26. The maximum absolute atomic E-state index is 3.26. The minimum absolute atomic E-state index is 0.437. The van der Waals surface area contributed by atoms with Crippen LogP contribution >= 0.6 is 0 Å². The molecule has 1 nitrogen and oxygen atoms in total. The van der Waals surface area contributed by atoms with Crippen molar-refractivity contribution in [1.82, 2.24) is 4.90 Å². The summed E-state index contributed by atoms with van der Waals surface area (Å²) in [6.07, 6.45) is 101. The fourth-order valence-electron chi connectivity index (χ4n) is 14.8. The highest BCUT2D eigenvalue weighted by molar-refractivity contribution is 4.91. The van der Waals surface area contributed by atoms with Crippen molar-refractivity contribution in [3.63, 3.8) is 0 Å². The van der Waals surface area contributed by atoms with E-state index in [9.17, 15) is 0 Å². The van der Waals surface area contributed by atoms with Gasteiger partial charge in [0.1, 0.15) is 0 Å². The maximum atomic E-state index is 3.26. The predicted octanol–water partition coefficient (Wildman–Crippen LogP) is 30.1. The molecule has 0 unspecified atom stereocenters. The molecule has 0 aliphatic carbocycles. The standard InChI is InChI=1S/C80H163N/c1-8-15-22-29-36-43-52-61-70-79(71-62-53-44-37-30-23-16-9-2,72-63-54-45-38-31-24-17-10-3)73-64-55-48-49-58-67-76-80(74-65-56-46-39-32-25-18-11-4,75-66-57-47-40-33-26-19-12-5)81(77-68-59-50-41-34-27-20-13-6)78-69-60-51-42-35-28-21-14-7/h8-78H2,1-7H3. The van der Waals surface area contributed by atoms with Gasteiger partial charge in [0.25, 0.3) is 0 Å². The average molecular weight is 1140 g/mol. The van der Waals surface area contributed by atoms with Crippen LogP contribution in [0.25, 0.3) is 0 Å². The Kier molecular flexibility index (Phi) is 67.4. The van der Waals surface area contributed by atoms with Crippen LogP contribution in [0, 0.1) is 5.41 Å². The molecule has 0 N–H and O–H groups in total. The van der Waals surface area contributed by atoms with Crippen molar-refractivity contribution >= 4 is 0 Å². The van der Waals surface area contributed by atoms with Crippen molar-refractivity contribution < 1.29 is 0 Å². The van der Waals surface area contributed by atoms with E-state index in [1.54, 1.807) is 25.7 Å². The highest BCUT2D eigenvalue weighted by Gasteiger charge is 2.35. The van der Waals surface area contributed by atoms with Crippen molar-refractivity contribution in [2.24, 2.45) is 5.41 Å². The van der Waals surface area contributed by atoms with E-state index in [0.29, 0.717) is 11.0 Å². The third-order valence-corrected chi connectivity index (χ3v) is 20.5. The minimum atomic E-state index is 0.437. The lowest BCUT2D eigenvalue weighted by Gasteiger charge is -2.46. The molecule has 0 amide bonds. The van der Waals surface area contributed by atoms with Gasteiger partial charge < -0.3 is 0 Å². The molecule has 0 aromatic carbocycles. The minimum Gasteiger partial charge on any atom is -0.298 e. The van der Waals surface area contributed by atoms with Gasteiger partial charge in [0.2, 0.25) is 0 Å². The Morgan fingerprint density at radius 3 is 0.457 bits per heavy atom. The molecule has 0 aromatic rings. The molecular formula is C80H163N. The molecule has 0 rings (SSSR count). The van der Waals surface area contributed by atoms with Crippen molar-refractivity contribution in [3.8, 4) is 0 Å². The molecule has 0 aliphatic rings. The zero-order valence-corrected chi connectivity index (χ0v) is 58.7. The van der Waals surface area contributed by atoms with E-state index in [2.05, 4.69) is 53.4 Å². The van der Waals surface area contributed by atoms with Gasteiger partial charge in [0, 0.05) is 5.54 Å². The van der Waals surface area contributed by atoms with Gasteiger partial charge in [-0.2, -0.15) is 0 Å². The molecule has 0 fully saturated rings. The topological polar surface area (TPSA) is 3.24 Å². The van der Waals surface area contributed by atoms with Crippen molar-refractivity contribution in [2.45, 2.75) is 497 Å². The van der Waals surface area contributed by atoms with Crippen molar-refractivity contribution in [1.29, 1.82) is 0 Å². The lowest BCUT2D eigenvalue weighted by molar-refractivity contribution is 0.0485. The highest BCUT2D eigenvalue weighted by atomic mass is 15.2. The lowest BCUT2D eigenvalue weighted by atomic mass is 9.70. The van der Waals surface area contributed by atoms with Crippen LogP contribution in [0.2, 0.25) is 0 Å². The van der Waals surface area contributed by atoms with Crippen molar-refractivity contribution in [3.05, 3.63) is 0 Å². The van der Waals surface area contributed by atoms with Crippen molar-refractivity contribution in [2.75, 3.05) is 13.1 Å². The molecule has 488 valence electrons. The molecule has 0 spiro atoms. The lowest BCUT2D eigenvalue weighted by Crippen LogP contribution is -2.50. The highest BCUT2D eigenvalue weighted by Crippen LogP contribution is 2.43. The molecule has 81 heavy (non-hydrogen) atoms. The summed E-state index contributed by atoms with van der Waals surface area (Å²) in [6, 6.07) is 0. The molecular weight excluding hydrogens is 975 g/mol. The first-order chi connectivity index (χ1) is 40.0. The zero-order chi connectivity index (χ0) is 58.8. The van der Waals surface area contributed by atoms with E-state index in [-0.39, 0.29) is 0 Å². The first kappa shape index (κ1) is 81.0. The Labute approximate surface area is 517 Å². The summed E-state index contributed by atoms with van der Waals surface area (Å²) in [5.41, 5.74) is 1.07. The molecule has 0 aromatic heterocycles. The maximum Gasteiger partial charge on any atom is 0.0209 e. The van der Waals surface area contributed by atoms with Gasteiger partial charge in [-0.1, -0.05) is 434 Å². The van der Waals surface area contributed by atoms with Crippen LogP contribution in [0.5, 0.6) is 0 Å². The van der Waals surface area contributed by atoms with E-state index in [1.807, 2.05) is 0 Å². The Morgan fingerprint density at radius 2 is 0.284 bits per heavy atom. The van der Waals surface area contributed by atoms with Crippen LogP contribution in [0.4, 0.5) is 0 Å². The SMILES string of the molecule is CCCCCCCCCCN(CCCCCCCCCC)C(CCCCCCCCCC)(CCCCCCCCCC)CCCCCCCCC(CCCCCCCCCC)(CCCCCCCCCC)CCCCCCCCCC. The van der Waals surface area contributed by atoms with Crippen LogP contribution < -0.4 is 0 Å². The number of unbranched alkanes of at least 4 members (excludes halogenated alkanes) is 54. The molecule has 1 heteroatoms. The molecule has 0 radical (unpaired) electrons. The van der Waals surface area contributed by atoms with Gasteiger partial charge in [0.05, 0.1) is 0 Å². The second-order valence-corrected chi connectivity index (χ2v) is 28.4. The summed E-state index contributed by atoms with van der Waals surface area (Å²) in [6.45, 7) is 19.4. The predicted molar refractivity (Wildman–Crippen MR) is 375 cm³/mol. The Hall–Kier alpha value is -0.0400. The van der Waals surface area contributed by atoms with Crippen LogP contribution in [0.1, 0.15) is 492 Å². The Bertz CT molecular complexity index is 1020. The summed E-state index contributed by atoms with van der Waals surface area (Å²) < 4.78 is 0. The first-order valence-electron chi connectivity index (χ1n) is 39.8. The quantitative estimate of drug-likeness (QED) is 0.0549. The van der Waals surface area contributed by atoms with Gasteiger partial charge >= 0.3 is 0 Å². The molecule has 0 bridgehead atoms. The van der Waals surface area contributed by atoms with E-state index >= 15 is 0 Å². The zero-order valence-electron chi connectivity index (χ0n) is 58.7. The van der Waals surface area contributed by atoms with E-state index < -0.39 is 0 Å². The normalized spacial score (nSPS) is 12.3. The van der Waals surface area contributed by atoms with Gasteiger partial charge in [-0.15, -0.1) is 0 Å². The summed E-state index contributed by atoms with van der Waals surface area (Å²) in [5.74, 6) is 0. The smallest absolute Gasteiger partial charge is 0.0209 e. The summed E-state index contributed by atoms with van der Waals surface area (Å²) >= 11 is 0. The number of hydrogen-bond donors (Lipinski definition) is 0. The largest absolute Gasteiger partial charge is 0.298 e. The number of nitrogens with zero attached hydrogens (tertiary/aromatic N) is 1. The van der Waals surface area contributed by atoms with E-state index in [0.717, 1.165) is 0 Å². The summed E-state index contributed by atoms with van der Waals surface area (Å²) in [7, 11) is 0. The third-order valence-electron chi connectivity index (χ3n) is 20.5. The first-order valence-corrected chi connectivity index (χ1v) is 39.8. The number of hydrogen-bond acceptors (Lipinski definition) is 1. The molecule has 0 saturated carbocycles. The second-order valence-electron chi connectivity index (χ2n) is 28.4. The van der Waals surface area contributed by atoms with Gasteiger partial charge in [0.15, 0.2) is 0 Å². The van der Waals surface area contributed by atoms with Crippen LogP contribution in [-0.4, -0.2) is 23.5 Å². The molecule has 0 heterocycles. The molecule has 0 aliphatic heterocycles. The molecule has 0 saturated heterocycles. The number of rotatable bonds is 73. The second kappa shape index (κ2) is 67.5. The fourth-order valence-corrected chi connectivity index (χ4v) is 14.8. The van der Waals surface area contributed by atoms with Crippen LogP contribution in [0.3, 0.4) is 0 Å². The van der Waals surface area contributed by atoms with Gasteiger partial charge in [-0.05, 0) is 76.3 Å². The Balaban J connectivity index is 6.30. The molecule has 0 atom stereocenters. The van der Waals surface area contributed by atoms with Crippen LogP contribution in [0.15, 0.2) is 0 Å². The fraction of sp³-hybridized carbons (Fsp3) is 1.00.